The molecule has 0 saturated heterocycles. The van der Waals surface area contributed by atoms with E-state index in [0.717, 1.165) is 21.4 Å². The van der Waals surface area contributed by atoms with Gasteiger partial charge in [0, 0.05) is 21.4 Å². The first-order valence-electron chi connectivity index (χ1n) is 5.49. The summed E-state index contributed by atoms with van der Waals surface area (Å²) in [6.45, 7) is 2.06. The van der Waals surface area contributed by atoms with Gasteiger partial charge in [0.2, 0.25) is 0 Å². The maximum Gasteiger partial charge on any atom is 0.106 e. The van der Waals surface area contributed by atoms with Crippen LogP contribution in [0.4, 0.5) is 11.4 Å². The Morgan fingerprint density at radius 2 is 2.00 bits per heavy atom. The Morgan fingerprint density at radius 1 is 1.22 bits per heavy atom. The first-order chi connectivity index (χ1) is 8.56. The molecular weight excluding hydrogens is 308 g/mol. The topological polar surface area (TPSA) is 38.0 Å². The number of benzene rings is 2. The highest BCUT2D eigenvalue weighted by Crippen LogP contribution is 2.24. The lowest BCUT2D eigenvalue weighted by Gasteiger charge is -2.12. The van der Waals surface area contributed by atoms with E-state index >= 15 is 0 Å². The van der Waals surface area contributed by atoms with Crippen LogP contribution in [-0.4, -0.2) is 4.99 Å². The highest BCUT2D eigenvalue weighted by atomic mass is 79.9. The summed E-state index contributed by atoms with van der Waals surface area (Å²) in [4.78, 5) is 0.381. The van der Waals surface area contributed by atoms with Gasteiger partial charge in [0.05, 0.1) is 0 Å². The van der Waals surface area contributed by atoms with Gasteiger partial charge in [-0.25, -0.2) is 0 Å². The van der Waals surface area contributed by atoms with E-state index in [1.807, 2.05) is 30.3 Å². The van der Waals surface area contributed by atoms with Gasteiger partial charge in [-0.3, -0.25) is 0 Å². The summed E-state index contributed by atoms with van der Waals surface area (Å²) in [5.74, 6) is 0. The summed E-state index contributed by atoms with van der Waals surface area (Å²) in [6.07, 6.45) is 0. The largest absolute Gasteiger partial charge is 0.389 e. The maximum absolute atomic E-state index is 5.74. The van der Waals surface area contributed by atoms with E-state index < -0.39 is 0 Å². The molecule has 92 valence electrons. The fourth-order valence-corrected chi connectivity index (χ4v) is 2.24. The number of aryl methyl sites for hydroxylation is 1. The monoisotopic (exact) mass is 320 g/mol. The van der Waals surface area contributed by atoms with Crippen molar-refractivity contribution in [2.45, 2.75) is 6.92 Å². The van der Waals surface area contributed by atoms with Crippen molar-refractivity contribution >= 4 is 44.5 Å². The zero-order valence-electron chi connectivity index (χ0n) is 9.91. The first-order valence-corrected chi connectivity index (χ1v) is 6.69. The van der Waals surface area contributed by atoms with Gasteiger partial charge in [0.1, 0.15) is 4.99 Å². The zero-order valence-corrected chi connectivity index (χ0v) is 12.3. The van der Waals surface area contributed by atoms with Crippen LogP contribution in [0.15, 0.2) is 46.9 Å². The molecule has 0 bridgehead atoms. The van der Waals surface area contributed by atoms with Crippen LogP contribution in [0.5, 0.6) is 0 Å². The Morgan fingerprint density at radius 3 is 2.67 bits per heavy atom. The lowest BCUT2D eigenvalue weighted by Crippen LogP contribution is -2.12. The Kier molecular flexibility index (Phi) is 3.99. The summed E-state index contributed by atoms with van der Waals surface area (Å²) in [5.41, 5.74) is 9.71. The molecule has 0 amide bonds. The second kappa shape index (κ2) is 5.50. The number of hydrogen-bond acceptors (Lipinski definition) is 2. The van der Waals surface area contributed by atoms with Crippen LogP contribution in [0.25, 0.3) is 0 Å². The molecule has 2 aromatic rings. The van der Waals surface area contributed by atoms with Crippen molar-refractivity contribution in [2.24, 2.45) is 5.73 Å². The zero-order chi connectivity index (χ0) is 13.1. The number of hydrogen-bond donors (Lipinski definition) is 2. The van der Waals surface area contributed by atoms with Crippen LogP contribution in [0.3, 0.4) is 0 Å². The quantitative estimate of drug-likeness (QED) is 0.835. The van der Waals surface area contributed by atoms with Crippen molar-refractivity contribution in [3.63, 3.8) is 0 Å². The molecule has 0 unspecified atom stereocenters. The minimum Gasteiger partial charge on any atom is -0.389 e. The summed E-state index contributed by atoms with van der Waals surface area (Å²) >= 11 is 8.49. The fourth-order valence-electron chi connectivity index (χ4n) is 1.71. The molecular formula is C14H13BrN2S. The minimum absolute atomic E-state index is 0.381. The molecule has 0 aliphatic heterocycles. The van der Waals surface area contributed by atoms with E-state index in [1.54, 1.807) is 0 Å². The molecule has 2 aromatic carbocycles. The standard InChI is InChI=1S/C14H13BrN2S/c1-9-3-2-4-11(7-9)17-13-6-5-10(15)8-12(13)14(16)18/h2-8,17H,1H3,(H2,16,18). The van der Waals surface area contributed by atoms with Crippen molar-refractivity contribution in [2.75, 3.05) is 5.32 Å². The lowest BCUT2D eigenvalue weighted by molar-refractivity contribution is 1.44. The van der Waals surface area contributed by atoms with Crippen LogP contribution >= 0.6 is 28.1 Å². The highest BCUT2D eigenvalue weighted by Gasteiger charge is 2.06. The number of nitrogens with one attached hydrogen (secondary N) is 1. The molecule has 0 aliphatic carbocycles. The summed E-state index contributed by atoms with van der Waals surface area (Å²) in [5, 5.41) is 3.33. The van der Waals surface area contributed by atoms with Crippen LogP contribution in [0.2, 0.25) is 0 Å². The van der Waals surface area contributed by atoms with E-state index in [9.17, 15) is 0 Å². The average Bonchev–Trinajstić information content (AvgIpc) is 2.31. The molecule has 0 aromatic heterocycles. The fraction of sp³-hybridized carbons (Fsp3) is 0.0714. The molecule has 4 heteroatoms. The van der Waals surface area contributed by atoms with Crippen LogP contribution in [0.1, 0.15) is 11.1 Å². The van der Waals surface area contributed by atoms with E-state index in [-0.39, 0.29) is 0 Å². The summed E-state index contributed by atoms with van der Waals surface area (Å²) < 4.78 is 0.958. The van der Waals surface area contributed by atoms with Gasteiger partial charge in [0.15, 0.2) is 0 Å². The molecule has 2 rings (SSSR count). The van der Waals surface area contributed by atoms with Gasteiger partial charge in [-0.2, -0.15) is 0 Å². The van der Waals surface area contributed by atoms with E-state index in [1.165, 1.54) is 5.56 Å². The van der Waals surface area contributed by atoms with Gasteiger partial charge in [-0.05, 0) is 42.8 Å². The SMILES string of the molecule is Cc1cccc(Nc2ccc(Br)cc2C(N)=S)c1. The number of anilines is 2. The molecule has 0 fully saturated rings. The molecule has 0 saturated carbocycles. The van der Waals surface area contributed by atoms with Crippen molar-refractivity contribution < 1.29 is 0 Å². The number of halogens is 1. The van der Waals surface area contributed by atoms with Crippen LogP contribution in [-0.2, 0) is 0 Å². The Balaban J connectivity index is 2.37. The molecule has 0 heterocycles. The number of rotatable bonds is 3. The molecule has 3 N–H and O–H groups in total. The number of nitrogens with two attached hydrogens (primary N) is 1. The Hall–Kier alpha value is -1.39. The van der Waals surface area contributed by atoms with Crippen molar-refractivity contribution in [1.82, 2.24) is 0 Å². The third-order valence-corrected chi connectivity index (χ3v) is 3.26. The minimum atomic E-state index is 0.381. The van der Waals surface area contributed by atoms with Gasteiger partial charge < -0.3 is 11.1 Å². The predicted molar refractivity (Wildman–Crippen MR) is 84.5 cm³/mol. The normalized spacial score (nSPS) is 10.1. The third-order valence-electron chi connectivity index (χ3n) is 2.54. The lowest BCUT2D eigenvalue weighted by atomic mass is 10.1. The van der Waals surface area contributed by atoms with Crippen molar-refractivity contribution in [1.29, 1.82) is 0 Å². The van der Waals surface area contributed by atoms with Crippen molar-refractivity contribution in [3.8, 4) is 0 Å². The van der Waals surface area contributed by atoms with Crippen LogP contribution < -0.4 is 11.1 Å². The van der Waals surface area contributed by atoms with Crippen LogP contribution in [0, 0.1) is 6.92 Å². The second-order valence-electron chi connectivity index (χ2n) is 4.05. The molecule has 0 atom stereocenters. The predicted octanol–water partition coefficient (Wildman–Crippen LogP) is 4.14. The first kappa shape index (κ1) is 13.1. The Labute approximate surface area is 120 Å². The van der Waals surface area contributed by atoms with Gasteiger partial charge in [-0.1, -0.05) is 40.3 Å². The maximum atomic E-state index is 5.74. The van der Waals surface area contributed by atoms with Crippen molar-refractivity contribution in [3.05, 3.63) is 58.1 Å². The third kappa shape index (κ3) is 3.09. The Bertz CT molecular complexity index is 596. The second-order valence-corrected chi connectivity index (χ2v) is 5.40. The molecule has 0 aliphatic rings. The van der Waals surface area contributed by atoms with E-state index in [2.05, 4.69) is 40.3 Å². The molecule has 18 heavy (non-hydrogen) atoms. The molecule has 0 spiro atoms. The van der Waals surface area contributed by atoms with E-state index in [0.29, 0.717) is 4.99 Å². The summed E-state index contributed by atoms with van der Waals surface area (Å²) in [7, 11) is 0. The average molecular weight is 321 g/mol. The summed E-state index contributed by atoms with van der Waals surface area (Å²) in [6, 6.07) is 14.0. The highest BCUT2D eigenvalue weighted by molar-refractivity contribution is 9.10. The number of thiocarbonyl (C=S) groups is 1. The smallest absolute Gasteiger partial charge is 0.106 e. The van der Waals surface area contributed by atoms with Gasteiger partial charge in [0.25, 0.3) is 0 Å². The van der Waals surface area contributed by atoms with E-state index in [4.69, 9.17) is 18.0 Å². The molecule has 0 radical (unpaired) electrons. The molecule has 2 nitrogen and oxygen atoms in total. The van der Waals surface area contributed by atoms with Gasteiger partial charge >= 0.3 is 0 Å². The van der Waals surface area contributed by atoms with Gasteiger partial charge in [-0.15, -0.1) is 0 Å².